The van der Waals surface area contributed by atoms with Crippen molar-refractivity contribution in [2.24, 2.45) is 5.10 Å². The van der Waals surface area contributed by atoms with Crippen LogP contribution in [0.1, 0.15) is 44.2 Å². The van der Waals surface area contributed by atoms with Crippen LogP contribution in [0.15, 0.2) is 58.0 Å². The van der Waals surface area contributed by atoms with Crippen molar-refractivity contribution in [3.8, 4) is 12.0 Å². The lowest BCUT2D eigenvalue weighted by atomic mass is 10.0. The lowest BCUT2D eigenvalue weighted by Gasteiger charge is -2.06. The van der Waals surface area contributed by atoms with E-state index in [0.717, 1.165) is 39.0 Å². The molecule has 4 rings (SSSR count). The van der Waals surface area contributed by atoms with E-state index in [9.17, 15) is 10.1 Å². The van der Waals surface area contributed by atoms with E-state index < -0.39 is 0 Å². The fourth-order valence-electron chi connectivity index (χ4n) is 3.77. The molecule has 0 saturated carbocycles. The number of nitrogens with zero attached hydrogens (tertiary/aromatic N) is 3. The van der Waals surface area contributed by atoms with E-state index in [1.54, 1.807) is 12.3 Å². The van der Waals surface area contributed by atoms with Crippen LogP contribution in [0.2, 0.25) is 0 Å². The van der Waals surface area contributed by atoms with Crippen LogP contribution < -0.4 is 5.43 Å². The molecule has 2 aromatic carbocycles. The second kappa shape index (κ2) is 7.96. The van der Waals surface area contributed by atoms with Crippen molar-refractivity contribution in [2.45, 2.75) is 27.7 Å². The lowest BCUT2D eigenvalue weighted by molar-refractivity contribution is 0.0957. The third-order valence-electron chi connectivity index (χ3n) is 5.56. The minimum atomic E-state index is -0.272. The van der Waals surface area contributed by atoms with Crippen molar-refractivity contribution in [2.75, 3.05) is 0 Å². The van der Waals surface area contributed by atoms with Gasteiger partial charge in [-0.15, -0.1) is 0 Å². The first-order chi connectivity index (χ1) is 14.9. The van der Waals surface area contributed by atoms with Gasteiger partial charge in [0, 0.05) is 28.1 Å². The summed E-state index contributed by atoms with van der Waals surface area (Å²) in [6, 6.07) is 17.5. The molecule has 2 aromatic heterocycles. The smallest absolute Gasteiger partial charge is 0.271 e. The summed E-state index contributed by atoms with van der Waals surface area (Å²) in [4.78, 5) is 12.7. The van der Waals surface area contributed by atoms with Gasteiger partial charge in [-0.2, -0.15) is 10.4 Å². The fraction of sp³-hybridized carbons (Fsp3) is 0.160. The van der Waals surface area contributed by atoms with Gasteiger partial charge in [0.05, 0.1) is 6.21 Å². The zero-order chi connectivity index (χ0) is 22.1. The normalized spacial score (nSPS) is 11.2. The summed E-state index contributed by atoms with van der Waals surface area (Å²) >= 11 is 0. The van der Waals surface area contributed by atoms with Crippen LogP contribution in [0.3, 0.4) is 0 Å². The summed E-state index contributed by atoms with van der Waals surface area (Å²) in [6.07, 6.45) is 1.61. The first-order valence-electron chi connectivity index (χ1n) is 9.93. The Morgan fingerprint density at radius 3 is 2.65 bits per heavy atom. The van der Waals surface area contributed by atoms with Crippen LogP contribution in [0.5, 0.6) is 0 Å². The molecule has 0 aliphatic rings. The highest BCUT2D eigenvalue weighted by Crippen LogP contribution is 2.28. The minimum absolute atomic E-state index is 0.272. The van der Waals surface area contributed by atoms with E-state index in [-0.39, 0.29) is 5.91 Å². The second-order valence-electron chi connectivity index (χ2n) is 7.46. The number of aromatic nitrogens is 1. The third-order valence-corrected chi connectivity index (χ3v) is 5.56. The second-order valence-corrected chi connectivity index (χ2v) is 7.46. The molecule has 0 aliphatic carbocycles. The molecule has 0 aliphatic heterocycles. The van der Waals surface area contributed by atoms with Gasteiger partial charge in [0.15, 0.2) is 0 Å². The van der Waals surface area contributed by atoms with Crippen molar-refractivity contribution in [3.63, 3.8) is 0 Å². The summed E-state index contributed by atoms with van der Waals surface area (Å²) < 4.78 is 7.76. The maximum atomic E-state index is 12.7. The molecular formula is C25H22N4O2. The van der Waals surface area contributed by atoms with E-state index >= 15 is 0 Å². The lowest BCUT2D eigenvalue weighted by Crippen LogP contribution is -2.18. The van der Waals surface area contributed by atoms with E-state index in [1.807, 2.05) is 74.7 Å². The Bertz CT molecular complexity index is 1380. The Morgan fingerprint density at radius 1 is 1.13 bits per heavy atom. The Labute approximate surface area is 180 Å². The monoisotopic (exact) mass is 410 g/mol. The number of hydrazone groups is 1. The maximum Gasteiger partial charge on any atom is 0.271 e. The van der Waals surface area contributed by atoms with Crippen LogP contribution in [0.4, 0.5) is 0 Å². The van der Waals surface area contributed by atoms with E-state index in [0.29, 0.717) is 17.0 Å². The number of rotatable bonds is 4. The topological polar surface area (TPSA) is 83.3 Å². The highest BCUT2D eigenvalue weighted by Gasteiger charge is 2.20. The molecule has 4 aromatic rings. The third kappa shape index (κ3) is 3.51. The van der Waals surface area contributed by atoms with Gasteiger partial charge < -0.3 is 4.42 Å². The van der Waals surface area contributed by atoms with Gasteiger partial charge in [0.1, 0.15) is 17.4 Å². The Kier molecular flexibility index (Phi) is 5.18. The molecule has 6 heteroatoms. The zero-order valence-electron chi connectivity index (χ0n) is 17.9. The van der Waals surface area contributed by atoms with Gasteiger partial charge in [-0.3, -0.25) is 9.36 Å². The maximum absolute atomic E-state index is 12.7. The molecule has 0 saturated heterocycles. The highest BCUT2D eigenvalue weighted by molar-refractivity contribution is 6.07. The average Bonchev–Trinajstić information content (AvgIpc) is 3.21. The van der Waals surface area contributed by atoms with Gasteiger partial charge in [0.25, 0.3) is 5.91 Å². The van der Waals surface area contributed by atoms with E-state index in [2.05, 4.69) is 16.6 Å². The van der Waals surface area contributed by atoms with Crippen molar-refractivity contribution in [1.29, 1.82) is 5.26 Å². The predicted molar refractivity (Wildman–Crippen MR) is 121 cm³/mol. The van der Waals surface area contributed by atoms with Gasteiger partial charge in [-0.25, -0.2) is 5.43 Å². The number of nitrogens with one attached hydrogen (secondary N) is 1. The Balaban J connectivity index is 1.61. The van der Waals surface area contributed by atoms with Crippen LogP contribution in [0, 0.1) is 39.0 Å². The summed E-state index contributed by atoms with van der Waals surface area (Å²) in [5.41, 5.74) is 7.14. The summed E-state index contributed by atoms with van der Waals surface area (Å²) in [5, 5.41) is 15.6. The molecule has 1 amide bonds. The Morgan fingerprint density at radius 2 is 1.87 bits per heavy atom. The molecule has 31 heavy (non-hydrogen) atoms. The molecule has 0 unspecified atom stereocenters. The number of amides is 1. The van der Waals surface area contributed by atoms with Crippen LogP contribution in [-0.2, 0) is 0 Å². The van der Waals surface area contributed by atoms with Gasteiger partial charge in [-0.05, 0) is 50.6 Å². The average molecular weight is 410 g/mol. The molecule has 2 heterocycles. The quantitative estimate of drug-likeness (QED) is 0.376. The van der Waals surface area contributed by atoms with Gasteiger partial charge in [0.2, 0.25) is 5.88 Å². The number of fused-ring (bicyclic) bond motifs is 1. The number of furan rings is 1. The zero-order valence-corrected chi connectivity index (χ0v) is 17.9. The molecule has 0 atom stereocenters. The summed E-state index contributed by atoms with van der Waals surface area (Å²) in [5.74, 6) is 0.953. The number of hydrogen-bond acceptors (Lipinski definition) is 4. The number of nitriles is 1. The summed E-state index contributed by atoms with van der Waals surface area (Å²) in [7, 11) is 0. The van der Waals surface area contributed by atoms with E-state index in [4.69, 9.17) is 4.42 Å². The molecule has 154 valence electrons. The van der Waals surface area contributed by atoms with Crippen LogP contribution in [0.25, 0.3) is 16.7 Å². The largest absolute Gasteiger partial charge is 0.443 e. The first kappa shape index (κ1) is 20.2. The minimum Gasteiger partial charge on any atom is -0.443 e. The standard InChI is InChI=1S/C25H22N4O2/c1-15-12-20(17(3)29(15)25-23(13-26)16(2)18(4)31-25)14-27-28-24(30)22-11-7-9-19-8-5-6-10-21(19)22/h5-12,14H,1-4H3,(H,28,30)/b27-14-. The van der Waals surface area contributed by atoms with Crippen LogP contribution in [-0.4, -0.2) is 16.7 Å². The van der Waals surface area contributed by atoms with Crippen molar-refractivity contribution in [1.82, 2.24) is 9.99 Å². The highest BCUT2D eigenvalue weighted by atomic mass is 16.4. The van der Waals surface area contributed by atoms with Crippen molar-refractivity contribution >= 4 is 22.9 Å². The molecule has 0 fully saturated rings. The van der Waals surface area contributed by atoms with Gasteiger partial charge in [-0.1, -0.05) is 36.4 Å². The molecule has 6 nitrogen and oxygen atoms in total. The number of hydrogen-bond donors (Lipinski definition) is 1. The number of carbonyl (C=O) groups excluding carboxylic acids is 1. The van der Waals surface area contributed by atoms with Crippen molar-refractivity contribution < 1.29 is 9.21 Å². The number of benzene rings is 2. The van der Waals surface area contributed by atoms with Crippen LogP contribution >= 0.6 is 0 Å². The van der Waals surface area contributed by atoms with Gasteiger partial charge >= 0.3 is 0 Å². The SMILES string of the molecule is Cc1oc(-n2c(C)cc(/C=N\NC(=O)c3cccc4ccccc34)c2C)c(C#N)c1C. The molecule has 1 N–H and O–H groups in total. The predicted octanol–water partition coefficient (Wildman–Crippen LogP) is 5.09. The van der Waals surface area contributed by atoms with Crippen molar-refractivity contribution in [3.05, 3.63) is 87.9 Å². The fourth-order valence-corrected chi connectivity index (χ4v) is 3.77. The molecular weight excluding hydrogens is 388 g/mol. The summed E-state index contributed by atoms with van der Waals surface area (Å²) in [6.45, 7) is 7.59. The first-order valence-corrected chi connectivity index (χ1v) is 9.93. The number of aryl methyl sites for hydroxylation is 2. The Hall–Kier alpha value is -4.11. The molecule has 0 spiro atoms. The molecule has 0 bridgehead atoms. The van der Waals surface area contributed by atoms with E-state index in [1.165, 1.54) is 0 Å². The molecule has 0 radical (unpaired) electrons. The number of carbonyl (C=O) groups is 1.